The molecule has 2 aliphatic rings. The predicted molar refractivity (Wildman–Crippen MR) is 111 cm³/mol. The van der Waals surface area contributed by atoms with Crippen LogP contribution in [0.3, 0.4) is 0 Å². The van der Waals surface area contributed by atoms with Crippen molar-refractivity contribution in [3.05, 3.63) is 60.2 Å². The summed E-state index contributed by atoms with van der Waals surface area (Å²) in [6.45, 7) is 2.06. The van der Waals surface area contributed by atoms with Gasteiger partial charge in [0.15, 0.2) is 0 Å². The van der Waals surface area contributed by atoms with Crippen molar-refractivity contribution in [1.29, 1.82) is 0 Å². The Labute approximate surface area is 176 Å². The smallest absolute Gasteiger partial charge is 0.243 e. The Morgan fingerprint density at radius 2 is 1.70 bits per heavy atom. The van der Waals surface area contributed by atoms with Crippen molar-refractivity contribution in [2.24, 2.45) is 0 Å². The van der Waals surface area contributed by atoms with Crippen LogP contribution in [-0.4, -0.2) is 39.9 Å². The van der Waals surface area contributed by atoms with E-state index in [1.54, 1.807) is 28.8 Å². The molecule has 1 aromatic carbocycles. The number of nitrogens with zero attached hydrogens (tertiary/aromatic N) is 4. The molecule has 2 fully saturated rings. The summed E-state index contributed by atoms with van der Waals surface area (Å²) in [5, 5.41) is 4.12. The Bertz CT molecular complexity index is 1110. The van der Waals surface area contributed by atoms with Crippen LogP contribution in [0.25, 0.3) is 11.4 Å². The molecule has 2 bridgehead atoms. The van der Waals surface area contributed by atoms with Gasteiger partial charge in [0.25, 0.3) is 0 Å². The summed E-state index contributed by atoms with van der Waals surface area (Å²) in [6.07, 6.45) is 7.45. The van der Waals surface area contributed by atoms with Crippen molar-refractivity contribution in [1.82, 2.24) is 19.4 Å². The van der Waals surface area contributed by atoms with Crippen LogP contribution in [0.5, 0.6) is 0 Å². The van der Waals surface area contributed by atoms with Gasteiger partial charge in [-0.2, -0.15) is 9.29 Å². The molecular weight excluding hydrogens is 400 g/mol. The van der Waals surface area contributed by atoms with E-state index in [-0.39, 0.29) is 18.0 Å². The van der Waals surface area contributed by atoms with Gasteiger partial charge in [-0.15, -0.1) is 0 Å². The molecular formula is C22H24N4O3S. The second-order valence-electron chi connectivity index (χ2n) is 8.08. The van der Waals surface area contributed by atoms with E-state index < -0.39 is 10.0 Å². The highest BCUT2D eigenvalue weighted by Gasteiger charge is 2.48. The molecule has 0 radical (unpaired) electrons. The van der Waals surface area contributed by atoms with Gasteiger partial charge in [0.2, 0.25) is 21.7 Å². The Morgan fingerprint density at radius 3 is 2.33 bits per heavy atom. The minimum atomic E-state index is -3.51. The van der Waals surface area contributed by atoms with Crippen molar-refractivity contribution >= 4 is 10.0 Å². The molecule has 0 spiro atoms. The van der Waals surface area contributed by atoms with Gasteiger partial charge in [-0.1, -0.05) is 24.2 Å². The fraction of sp³-hybridized carbons (Fsp3) is 0.409. The summed E-state index contributed by atoms with van der Waals surface area (Å²) in [5.41, 5.74) is 2.00. The molecule has 156 valence electrons. The highest BCUT2D eigenvalue weighted by molar-refractivity contribution is 7.89. The van der Waals surface area contributed by atoms with E-state index in [2.05, 4.69) is 22.0 Å². The second-order valence-corrected chi connectivity index (χ2v) is 9.92. The number of hydrogen-bond acceptors (Lipinski definition) is 6. The molecule has 2 saturated heterocycles. The van der Waals surface area contributed by atoms with E-state index in [1.807, 2.05) is 24.3 Å². The van der Waals surface area contributed by atoms with Gasteiger partial charge in [-0.25, -0.2) is 8.42 Å². The van der Waals surface area contributed by atoms with Gasteiger partial charge >= 0.3 is 0 Å². The summed E-state index contributed by atoms with van der Waals surface area (Å²) < 4.78 is 34.0. The lowest BCUT2D eigenvalue weighted by molar-refractivity contribution is 0.202. The van der Waals surface area contributed by atoms with Crippen molar-refractivity contribution in [3.8, 4) is 11.4 Å². The standard InChI is InChI=1S/C22H24N4O3S/c1-2-15-3-7-20(8-4-15)30(27,28)26-18-5-6-19(26)14-17(13-18)22-24-21(25-29-22)16-9-11-23-12-10-16/h3-4,7-12,17-19H,2,5-6,13-14H2,1H3. The zero-order valence-corrected chi connectivity index (χ0v) is 17.6. The molecule has 2 unspecified atom stereocenters. The van der Waals surface area contributed by atoms with Gasteiger partial charge in [0, 0.05) is 36.0 Å². The highest BCUT2D eigenvalue weighted by Crippen LogP contribution is 2.45. The maximum Gasteiger partial charge on any atom is 0.243 e. The van der Waals surface area contributed by atoms with E-state index in [1.165, 1.54) is 0 Å². The summed E-state index contributed by atoms with van der Waals surface area (Å²) in [7, 11) is -3.51. The predicted octanol–water partition coefficient (Wildman–Crippen LogP) is 3.79. The summed E-state index contributed by atoms with van der Waals surface area (Å²) in [5.74, 6) is 1.23. The normalized spacial score (nSPS) is 24.2. The molecule has 2 atom stereocenters. The number of hydrogen-bond donors (Lipinski definition) is 0. The number of pyridine rings is 1. The SMILES string of the molecule is CCc1ccc(S(=O)(=O)N2C3CCC2CC(c2nc(-c4ccncc4)no2)C3)cc1. The van der Waals surface area contributed by atoms with E-state index >= 15 is 0 Å². The Morgan fingerprint density at radius 1 is 1.03 bits per heavy atom. The average molecular weight is 425 g/mol. The topological polar surface area (TPSA) is 89.2 Å². The van der Waals surface area contributed by atoms with E-state index in [4.69, 9.17) is 4.52 Å². The van der Waals surface area contributed by atoms with Crippen LogP contribution in [0.15, 0.2) is 58.2 Å². The molecule has 0 N–H and O–H groups in total. The Hall–Kier alpha value is -2.58. The largest absolute Gasteiger partial charge is 0.339 e. The maximum absolute atomic E-state index is 13.3. The van der Waals surface area contributed by atoms with Crippen LogP contribution in [0.4, 0.5) is 0 Å². The molecule has 0 amide bonds. The molecule has 0 saturated carbocycles. The van der Waals surface area contributed by atoms with Gasteiger partial charge in [0.1, 0.15) is 0 Å². The van der Waals surface area contributed by atoms with Gasteiger partial charge < -0.3 is 4.52 Å². The fourth-order valence-electron chi connectivity index (χ4n) is 4.77. The Balaban J connectivity index is 1.37. The first-order chi connectivity index (χ1) is 14.6. The Kier molecular flexibility index (Phi) is 4.91. The summed E-state index contributed by atoms with van der Waals surface area (Å²) in [4.78, 5) is 8.99. The van der Waals surface area contributed by atoms with Crippen LogP contribution in [0.2, 0.25) is 0 Å². The molecule has 5 rings (SSSR count). The third-order valence-electron chi connectivity index (χ3n) is 6.30. The molecule has 2 aromatic heterocycles. The molecule has 2 aliphatic heterocycles. The number of sulfonamides is 1. The van der Waals surface area contributed by atoms with Crippen LogP contribution in [0, 0.1) is 0 Å². The third-order valence-corrected chi connectivity index (χ3v) is 8.32. The van der Waals surface area contributed by atoms with Crippen molar-refractivity contribution in [3.63, 3.8) is 0 Å². The lowest BCUT2D eigenvalue weighted by atomic mass is 9.92. The zero-order valence-electron chi connectivity index (χ0n) is 16.8. The fourth-order valence-corrected chi connectivity index (χ4v) is 6.66. The summed E-state index contributed by atoms with van der Waals surface area (Å²) in [6, 6.07) is 10.9. The molecule has 8 heteroatoms. The van der Waals surface area contributed by atoms with Crippen LogP contribution < -0.4 is 0 Å². The molecule has 0 aliphatic carbocycles. The lowest BCUT2D eigenvalue weighted by Crippen LogP contribution is -2.45. The van der Waals surface area contributed by atoms with Gasteiger partial charge in [-0.05, 0) is 61.9 Å². The number of aryl methyl sites for hydroxylation is 1. The highest BCUT2D eigenvalue weighted by atomic mass is 32.2. The number of benzene rings is 1. The van der Waals surface area contributed by atoms with Crippen molar-refractivity contribution in [2.75, 3.05) is 0 Å². The number of fused-ring (bicyclic) bond motifs is 2. The third kappa shape index (κ3) is 3.33. The number of piperidine rings is 1. The van der Waals surface area contributed by atoms with Crippen molar-refractivity contribution < 1.29 is 12.9 Å². The van der Waals surface area contributed by atoms with Crippen LogP contribution >= 0.6 is 0 Å². The van der Waals surface area contributed by atoms with Crippen molar-refractivity contribution in [2.45, 2.75) is 61.9 Å². The molecule has 7 nitrogen and oxygen atoms in total. The lowest BCUT2D eigenvalue weighted by Gasteiger charge is -2.36. The quantitative estimate of drug-likeness (QED) is 0.619. The van der Waals surface area contributed by atoms with Gasteiger partial charge in [0.05, 0.1) is 4.90 Å². The maximum atomic E-state index is 13.3. The first kappa shape index (κ1) is 19.4. The minimum absolute atomic E-state index is 0.0270. The van der Waals surface area contributed by atoms with Crippen LogP contribution in [-0.2, 0) is 16.4 Å². The number of aromatic nitrogens is 3. The second kappa shape index (κ2) is 7.59. The molecule has 3 aromatic rings. The van der Waals surface area contributed by atoms with E-state index in [9.17, 15) is 8.42 Å². The minimum Gasteiger partial charge on any atom is -0.339 e. The molecule has 4 heterocycles. The number of rotatable bonds is 5. The molecule has 30 heavy (non-hydrogen) atoms. The zero-order chi connectivity index (χ0) is 20.7. The average Bonchev–Trinajstić information content (AvgIpc) is 3.38. The van der Waals surface area contributed by atoms with E-state index in [0.29, 0.717) is 29.5 Å². The first-order valence-electron chi connectivity index (χ1n) is 10.4. The first-order valence-corrected chi connectivity index (χ1v) is 11.9. The van der Waals surface area contributed by atoms with Gasteiger partial charge in [-0.3, -0.25) is 4.98 Å². The van der Waals surface area contributed by atoms with Crippen LogP contribution in [0.1, 0.15) is 50.0 Å². The summed E-state index contributed by atoms with van der Waals surface area (Å²) >= 11 is 0. The monoisotopic (exact) mass is 424 g/mol. The van der Waals surface area contributed by atoms with E-state index in [0.717, 1.165) is 30.4 Å².